The van der Waals surface area contributed by atoms with Crippen molar-refractivity contribution in [3.63, 3.8) is 0 Å². The van der Waals surface area contributed by atoms with Crippen LogP contribution in [0.25, 0.3) is 0 Å². The molecule has 0 atom stereocenters. The fourth-order valence-corrected chi connectivity index (χ4v) is 2.13. The second-order valence-corrected chi connectivity index (χ2v) is 5.66. The van der Waals surface area contributed by atoms with Crippen molar-refractivity contribution in [1.82, 2.24) is 0 Å². The highest BCUT2D eigenvalue weighted by Crippen LogP contribution is 2.18. The number of nitrogens with one attached hydrogen (secondary N) is 1. The molecule has 0 aliphatic rings. The Balaban J connectivity index is 2.15. The molecule has 2 rings (SSSR count). The van der Waals surface area contributed by atoms with E-state index in [-0.39, 0.29) is 4.90 Å². The van der Waals surface area contributed by atoms with Crippen LogP contribution >= 0.6 is 0 Å². The Hall–Kier alpha value is -1.89. The molecule has 100 valence electrons. The van der Waals surface area contributed by atoms with Gasteiger partial charge in [-0.1, -0.05) is 12.1 Å². The maximum Gasteiger partial charge on any atom is 0.238 e. The molecule has 19 heavy (non-hydrogen) atoms. The summed E-state index contributed by atoms with van der Waals surface area (Å²) in [5, 5.41) is 8.19. The van der Waals surface area contributed by atoms with E-state index in [2.05, 4.69) is 5.32 Å². The molecule has 0 amide bonds. The van der Waals surface area contributed by atoms with E-state index in [9.17, 15) is 8.42 Å². The maximum atomic E-state index is 11.1. The highest BCUT2D eigenvalue weighted by atomic mass is 32.2. The Kier molecular flexibility index (Phi) is 3.84. The summed E-state index contributed by atoms with van der Waals surface area (Å²) in [6.07, 6.45) is 0. The molecule has 0 spiro atoms. The number of anilines is 2. The van der Waals surface area contributed by atoms with Crippen LogP contribution in [-0.4, -0.2) is 8.42 Å². The molecule has 6 heteroatoms. The van der Waals surface area contributed by atoms with E-state index in [0.29, 0.717) is 6.54 Å². The molecule has 5 nitrogen and oxygen atoms in total. The van der Waals surface area contributed by atoms with Crippen LogP contribution in [-0.2, 0) is 16.6 Å². The second kappa shape index (κ2) is 5.40. The summed E-state index contributed by atoms with van der Waals surface area (Å²) < 4.78 is 22.2. The lowest BCUT2D eigenvalue weighted by molar-refractivity contribution is 0.598. The molecule has 0 aromatic heterocycles. The molecule has 0 saturated heterocycles. The summed E-state index contributed by atoms with van der Waals surface area (Å²) in [5.41, 5.74) is 8.26. The third kappa shape index (κ3) is 3.54. The predicted molar refractivity (Wildman–Crippen MR) is 75.4 cm³/mol. The van der Waals surface area contributed by atoms with Crippen molar-refractivity contribution >= 4 is 21.4 Å². The molecule has 2 aromatic carbocycles. The van der Waals surface area contributed by atoms with Crippen molar-refractivity contribution in [2.45, 2.75) is 11.4 Å². The van der Waals surface area contributed by atoms with Gasteiger partial charge in [-0.15, -0.1) is 0 Å². The van der Waals surface area contributed by atoms with E-state index in [1.54, 1.807) is 12.1 Å². The van der Waals surface area contributed by atoms with E-state index in [1.165, 1.54) is 12.1 Å². The summed E-state index contributed by atoms with van der Waals surface area (Å²) >= 11 is 0. The highest BCUT2D eigenvalue weighted by molar-refractivity contribution is 7.89. The van der Waals surface area contributed by atoms with Crippen LogP contribution in [0.5, 0.6) is 0 Å². The molecular weight excluding hydrogens is 262 g/mol. The van der Waals surface area contributed by atoms with Gasteiger partial charge < -0.3 is 11.1 Å². The van der Waals surface area contributed by atoms with E-state index >= 15 is 0 Å². The van der Waals surface area contributed by atoms with Gasteiger partial charge in [0.25, 0.3) is 0 Å². The standard InChI is InChI=1S/C13H15N3O2S/c14-9-10-1-3-11(4-2-10)16-12-5-7-13(8-6-12)19(15,17)18/h1-8,16H,9,14H2,(H2,15,17,18). The summed E-state index contributed by atoms with van der Waals surface area (Å²) in [6.45, 7) is 0.503. The molecule has 0 unspecified atom stereocenters. The van der Waals surface area contributed by atoms with E-state index < -0.39 is 10.0 Å². The molecule has 0 heterocycles. The maximum absolute atomic E-state index is 11.1. The lowest BCUT2D eigenvalue weighted by Crippen LogP contribution is -2.11. The highest BCUT2D eigenvalue weighted by Gasteiger charge is 2.06. The zero-order valence-corrected chi connectivity index (χ0v) is 11.0. The average molecular weight is 277 g/mol. The van der Waals surface area contributed by atoms with Crippen LogP contribution < -0.4 is 16.2 Å². The van der Waals surface area contributed by atoms with Crippen molar-refractivity contribution in [2.75, 3.05) is 5.32 Å². The molecule has 5 N–H and O–H groups in total. The molecular formula is C13H15N3O2S. The minimum atomic E-state index is -3.64. The van der Waals surface area contributed by atoms with E-state index in [0.717, 1.165) is 16.9 Å². The zero-order chi connectivity index (χ0) is 13.9. The number of hydrogen-bond acceptors (Lipinski definition) is 4. The first kappa shape index (κ1) is 13.5. The summed E-state index contributed by atoms with van der Waals surface area (Å²) in [5.74, 6) is 0. The van der Waals surface area contributed by atoms with Gasteiger partial charge in [0, 0.05) is 17.9 Å². The van der Waals surface area contributed by atoms with Gasteiger partial charge in [-0.25, -0.2) is 13.6 Å². The molecule has 0 radical (unpaired) electrons. The molecule has 0 fully saturated rings. The van der Waals surface area contributed by atoms with Crippen LogP contribution in [0.1, 0.15) is 5.56 Å². The number of benzene rings is 2. The van der Waals surface area contributed by atoms with Gasteiger partial charge in [0.05, 0.1) is 4.90 Å². The van der Waals surface area contributed by atoms with E-state index in [1.807, 2.05) is 24.3 Å². The van der Waals surface area contributed by atoms with Crippen molar-refractivity contribution in [3.05, 3.63) is 54.1 Å². The number of primary sulfonamides is 1. The molecule has 0 aliphatic carbocycles. The van der Waals surface area contributed by atoms with Crippen LogP contribution in [0, 0.1) is 0 Å². The summed E-state index contributed by atoms with van der Waals surface area (Å²) in [4.78, 5) is 0.0940. The van der Waals surface area contributed by atoms with Gasteiger partial charge in [-0.05, 0) is 42.0 Å². The minimum absolute atomic E-state index is 0.0940. The van der Waals surface area contributed by atoms with Gasteiger partial charge in [0.1, 0.15) is 0 Å². The molecule has 2 aromatic rings. The van der Waals surface area contributed by atoms with Gasteiger partial charge in [0.2, 0.25) is 10.0 Å². The third-order valence-corrected chi connectivity index (χ3v) is 3.59. The fraction of sp³-hybridized carbons (Fsp3) is 0.0769. The van der Waals surface area contributed by atoms with Gasteiger partial charge in [0.15, 0.2) is 0 Å². The third-order valence-electron chi connectivity index (χ3n) is 2.66. The van der Waals surface area contributed by atoms with Gasteiger partial charge >= 0.3 is 0 Å². The van der Waals surface area contributed by atoms with E-state index in [4.69, 9.17) is 10.9 Å². The Labute approximate surface area is 112 Å². The van der Waals surface area contributed by atoms with Crippen LogP contribution in [0.4, 0.5) is 11.4 Å². The molecule has 0 bridgehead atoms. The number of hydrogen-bond donors (Lipinski definition) is 3. The monoisotopic (exact) mass is 277 g/mol. The number of sulfonamides is 1. The first-order chi connectivity index (χ1) is 8.99. The second-order valence-electron chi connectivity index (χ2n) is 4.10. The Morgan fingerprint density at radius 2 is 1.37 bits per heavy atom. The molecule has 0 saturated carbocycles. The Morgan fingerprint density at radius 3 is 1.79 bits per heavy atom. The normalized spacial score (nSPS) is 11.3. The Bertz CT molecular complexity index is 649. The lowest BCUT2D eigenvalue weighted by Gasteiger charge is -2.07. The lowest BCUT2D eigenvalue weighted by atomic mass is 10.2. The minimum Gasteiger partial charge on any atom is -0.356 e. The van der Waals surface area contributed by atoms with Crippen LogP contribution in [0.2, 0.25) is 0 Å². The average Bonchev–Trinajstić information content (AvgIpc) is 2.39. The number of nitrogens with two attached hydrogens (primary N) is 2. The van der Waals surface area contributed by atoms with Gasteiger partial charge in [-0.2, -0.15) is 0 Å². The smallest absolute Gasteiger partial charge is 0.238 e. The van der Waals surface area contributed by atoms with Crippen molar-refractivity contribution in [3.8, 4) is 0 Å². The molecule has 0 aliphatic heterocycles. The van der Waals surface area contributed by atoms with Crippen molar-refractivity contribution in [2.24, 2.45) is 10.9 Å². The van der Waals surface area contributed by atoms with Gasteiger partial charge in [-0.3, -0.25) is 0 Å². The summed E-state index contributed by atoms with van der Waals surface area (Å²) in [6, 6.07) is 13.9. The van der Waals surface area contributed by atoms with Crippen molar-refractivity contribution in [1.29, 1.82) is 0 Å². The van der Waals surface area contributed by atoms with Crippen LogP contribution in [0.15, 0.2) is 53.4 Å². The van der Waals surface area contributed by atoms with Crippen LogP contribution in [0.3, 0.4) is 0 Å². The van der Waals surface area contributed by atoms with Crippen molar-refractivity contribution < 1.29 is 8.42 Å². The quantitative estimate of drug-likeness (QED) is 0.789. The first-order valence-corrected chi connectivity index (χ1v) is 7.22. The fourth-order valence-electron chi connectivity index (χ4n) is 1.62. The largest absolute Gasteiger partial charge is 0.356 e. The number of rotatable bonds is 4. The predicted octanol–water partition coefficient (Wildman–Crippen LogP) is 1.54. The topological polar surface area (TPSA) is 98.2 Å². The summed E-state index contributed by atoms with van der Waals surface area (Å²) in [7, 11) is -3.64. The SMILES string of the molecule is NCc1ccc(Nc2ccc(S(N)(=O)=O)cc2)cc1. The first-order valence-electron chi connectivity index (χ1n) is 5.68. The Morgan fingerprint density at radius 1 is 0.895 bits per heavy atom. The zero-order valence-electron chi connectivity index (χ0n) is 10.2.